The van der Waals surface area contributed by atoms with Gasteiger partial charge in [-0.05, 0) is 30.4 Å². The Bertz CT molecular complexity index is 303. The Labute approximate surface area is 91.3 Å². The van der Waals surface area contributed by atoms with E-state index in [2.05, 4.69) is 36.5 Å². The molecule has 0 saturated heterocycles. The summed E-state index contributed by atoms with van der Waals surface area (Å²) in [4.78, 5) is 0. The average Bonchev–Trinajstić information content (AvgIpc) is 3.10. The summed E-state index contributed by atoms with van der Waals surface area (Å²) in [5.41, 5.74) is 2.54. The van der Waals surface area contributed by atoms with Crippen LogP contribution in [-0.4, -0.2) is 17.8 Å². The summed E-state index contributed by atoms with van der Waals surface area (Å²) in [5, 5.41) is 12.8. The van der Waals surface area contributed by atoms with Crippen LogP contribution >= 0.6 is 0 Å². The van der Waals surface area contributed by atoms with E-state index in [1.54, 1.807) is 0 Å². The minimum Gasteiger partial charge on any atom is -0.394 e. The molecule has 0 amide bonds. The van der Waals surface area contributed by atoms with Crippen LogP contribution in [0.1, 0.15) is 36.9 Å². The molecule has 0 aromatic heterocycles. The average molecular weight is 205 g/mol. The fourth-order valence-electron chi connectivity index (χ4n) is 1.77. The van der Waals surface area contributed by atoms with Crippen molar-refractivity contribution in [3.05, 3.63) is 35.4 Å². The lowest BCUT2D eigenvalue weighted by Crippen LogP contribution is -2.26. The largest absolute Gasteiger partial charge is 0.394 e. The van der Waals surface area contributed by atoms with E-state index < -0.39 is 0 Å². The van der Waals surface area contributed by atoms with Gasteiger partial charge in [-0.1, -0.05) is 31.2 Å². The van der Waals surface area contributed by atoms with E-state index in [4.69, 9.17) is 0 Å². The van der Waals surface area contributed by atoms with E-state index in [0.717, 1.165) is 6.42 Å². The van der Waals surface area contributed by atoms with Crippen LogP contribution in [0.3, 0.4) is 0 Å². The van der Waals surface area contributed by atoms with Crippen LogP contribution in [0.2, 0.25) is 0 Å². The number of rotatable bonds is 5. The summed E-state index contributed by atoms with van der Waals surface area (Å²) >= 11 is 0. The number of aliphatic hydroxyl groups excluding tert-OH is 1. The lowest BCUT2D eigenvalue weighted by molar-refractivity contribution is 0.243. The second-order valence-electron chi connectivity index (χ2n) is 4.27. The molecule has 1 unspecified atom stereocenters. The van der Waals surface area contributed by atoms with Crippen molar-refractivity contribution in [3.63, 3.8) is 0 Å². The summed E-state index contributed by atoms with van der Waals surface area (Å²) < 4.78 is 0. The predicted molar refractivity (Wildman–Crippen MR) is 61.8 cm³/mol. The molecule has 0 aliphatic heterocycles. The number of aryl methyl sites for hydroxylation is 1. The summed E-state index contributed by atoms with van der Waals surface area (Å²) in [6.45, 7) is 2.34. The molecular formula is C13H19NO. The van der Waals surface area contributed by atoms with E-state index in [1.165, 1.54) is 24.0 Å². The van der Waals surface area contributed by atoms with Crippen molar-refractivity contribution >= 4 is 0 Å². The quantitative estimate of drug-likeness (QED) is 0.771. The van der Waals surface area contributed by atoms with Crippen LogP contribution in [0, 0.1) is 0 Å². The van der Waals surface area contributed by atoms with Crippen molar-refractivity contribution in [1.82, 2.24) is 5.32 Å². The van der Waals surface area contributed by atoms with Crippen molar-refractivity contribution in [1.29, 1.82) is 0 Å². The van der Waals surface area contributed by atoms with Crippen molar-refractivity contribution in [3.8, 4) is 0 Å². The van der Waals surface area contributed by atoms with Crippen LogP contribution in [0.5, 0.6) is 0 Å². The smallest absolute Gasteiger partial charge is 0.0626 e. The topological polar surface area (TPSA) is 32.3 Å². The molecule has 1 fully saturated rings. The maximum atomic E-state index is 9.32. The highest BCUT2D eigenvalue weighted by molar-refractivity contribution is 5.25. The molecule has 1 atom stereocenters. The Kier molecular flexibility index (Phi) is 3.39. The van der Waals surface area contributed by atoms with E-state index in [9.17, 15) is 5.11 Å². The Morgan fingerprint density at radius 1 is 1.33 bits per heavy atom. The SMILES string of the molecule is CCc1ccc(C(CO)NC2CC2)cc1. The molecule has 1 aliphatic rings. The third kappa shape index (κ3) is 2.80. The van der Waals surface area contributed by atoms with E-state index >= 15 is 0 Å². The summed E-state index contributed by atoms with van der Waals surface area (Å²) in [5.74, 6) is 0. The second-order valence-corrected chi connectivity index (χ2v) is 4.27. The predicted octanol–water partition coefficient (Wildman–Crippen LogP) is 2.03. The molecule has 2 N–H and O–H groups in total. The molecule has 0 radical (unpaired) electrons. The first kappa shape index (κ1) is 10.7. The number of benzene rings is 1. The standard InChI is InChI=1S/C13H19NO/c1-2-10-3-5-11(6-4-10)13(9-15)14-12-7-8-12/h3-6,12-15H,2,7-9H2,1H3. The summed E-state index contributed by atoms with van der Waals surface area (Å²) in [6, 6.07) is 9.28. The van der Waals surface area contributed by atoms with Gasteiger partial charge in [-0.15, -0.1) is 0 Å². The van der Waals surface area contributed by atoms with Gasteiger partial charge in [-0.25, -0.2) is 0 Å². The van der Waals surface area contributed by atoms with Crippen molar-refractivity contribution in [2.45, 2.75) is 38.3 Å². The molecule has 0 bridgehead atoms. The molecular weight excluding hydrogens is 186 g/mol. The molecule has 1 aliphatic carbocycles. The van der Waals surface area contributed by atoms with Crippen molar-refractivity contribution < 1.29 is 5.11 Å². The van der Waals surface area contributed by atoms with Gasteiger partial charge in [0.15, 0.2) is 0 Å². The van der Waals surface area contributed by atoms with E-state index in [0.29, 0.717) is 6.04 Å². The molecule has 2 nitrogen and oxygen atoms in total. The van der Waals surface area contributed by atoms with Gasteiger partial charge in [0.1, 0.15) is 0 Å². The first-order valence-corrected chi connectivity index (χ1v) is 5.79. The van der Waals surface area contributed by atoms with Gasteiger partial charge in [0.2, 0.25) is 0 Å². The van der Waals surface area contributed by atoms with Gasteiger partial charge in [-0.2, -0.15) is 0 Å². The minimum absolute atomic E-state index is 0.114. The van der Waals surface area contributed by atoms with E-state index in [-0.39, 0.29) is 12.6 Å². The fraction of sp³-hybridized carbons (Fsp3) is 0.538. The molecule has 0 heterocycles. The van der Waals surface area contributed by atoms with Crippen LogP contribution < -0.4 is 5.32 Å². The van der Waals surface area contributed by atoms with Crippen LogP contribution in [0.4, 0.5) is 0 Å². The zero-order valence-corrected chi connectivity index (χ0v) is 9.24. The van der Waals surface area contributed by atoms with Crippen LogP contribution in [0.15, 0.2) is 24.3 Å². The number of aliphatic hydroxyl groups is 1. The summed E-state index contributed by atoms with van der Waals surface area (Å²) in [6.07, 6.45) is 3.58. The molecule has 15 heavy (non-hydrogen) atoms. The number of hydrogen-bond acceptors (Lipinski definition) is 2. The molecule has 2 rings (SSSR count). The molecule has 1 aromatic rings. The molecule has 1 saturated carbocycles. The van der Waals surface area contributed by atoms with Gasteiger partial charge in [-0.3, -0.25) is 0 Å². The molecule has 0 spiro atoms. The Balaban J connectivity index is 2.03. The van der Waals surface area contributed by atoms with Crippen molar-refractivity contribution in [2.75, 3.05) is 6.61 Å². The zero-order chi connectivity index (χ0) is 10.7. The fourth-order valence-corrected chi connectivity index (χ4v) is 1.77. The number of nitrogens with one attached hydrogen (secondary N) is 1. The lowest BCUT2D eigenvalue weighted by Gasteiger charge is -2.16. The van der Waals surface area contributed by atoms with Gasteiger partial charge < -0.3 is 10.4 Å². The Morgan fingerprint density at radius 2 is 2.00 bits per heavy atom. The van der Waals surface area contributed by atoms with Gasteiger partial charge in [0, 0.05) is 6.04 Å². The highest BCUT2D eigenvalue weighted by Gasteiger charge is 2.24. The monoisotopic (exact) mass is 205 g/mol. The normalized spacial score (nSPS) is 17.7. The third-order valence-corrected chi connectivity index (χ3v) is 2.99. The number of hydrogen-bond donors (Lipinski definition) is 2. The lowest BCUT2D eigenvalue weighted by atomic mass is 10.0. The van der Waals surface area contributed by atoms with Gasteiger partial charge in [0.05, 0.1) is 12.6 Å². The van der Waals surface area contributed by atoms with E-state index in [1.807, 2.05) is 0 Å². The first-order valence-electron chi connectivity index (χ1n) is 5.79. The van der Waals surface area contributed by atoms with Crippen molar-refractivity contribution in [2.24, 2.45) is 0 Å². The highest BCUT2D eigenvalue weighted by atomic mass is 16.3. The minimum atomic E-state index is 0.114. The second kappa shape index (κ2) is 4.77. The maximum absolute atomic E-state index is 9.32. The third-order valence-electron chi connectivity index (χ3n) is 2.99. The Hall–Kier alpha value is -0.860. The summed E-state index contributed by atoms with van der Waals surface area (Å²) in [7, 11) is 0. The first-order chi connectivity index (χ1) is 7.33. The van der Waals surface area contributed by atoms with Crippen LogP contribution in [-0.2, 0) is 6.42 Å². The highest BCUT2D eigenvalue weighted by Crippen LogP contribution is 2.24. The van der Waals surface area contributed by atoms with Crippen LogP contribution in [0.25, 0.3) is 0 Å². The molecule has 2 heteroatoms. The zero-order valence-electron chi connectivity index (χ0n) is 9.24. The molecule has 1 aromatic carbocycles. The van der Waals surface area contributed by atoms with Gasteiger partial charge >= 0.3 is 0 Å². The maximum Gasteiger partial charge on any atom is 0.0626 e. The van der Waals surface area contributed by atoms with Gasteiger partial charge in [0.25, 0.3) is 0 Å². The molecule has 82 valence electrons. The Morgan fingerprint density at radius 3 is 2.47 bits per heavy atom.